The highest BCUT2D eigenvalue weighted by molar-refractivity contribution is 9.10. The Bertz CT molecular complexity index is 585. The van der Waals surface area contributed by atoms with Crippen molar-refractivity contribution in [2.24, 2.45) is 5.73 Å². The van der Waals surface area contributed by atoms with Gasteiger partial charge in [0.05, 0.1) is 7.11 Å². The Morgan fingerprint density at radius 3 is 2.71 bits per heavy atom. The van der Waals surface area contributed by atoms with Crippen LogP contribution in [-0.4, -0.2) is 13.2 Å². The van der Waals surface area contributed by atoms with Crippen molar-refractivity contribution in [3.63, 3.8) is 0 Å². The molecule has 0 saturated heterocycles. The van der Waals surface area contributed by atoms with Gasteiger partial charge in [-0.05, 0) is 52.5 Å². The molecule has 1 aromatic carbocycles. The van der Waals surface area contributed by atoms with Crippen LogP contribution in [0.25, 0.3) is 0 Å². The Morgan fingerprint density at radius 1 is 1.29 bits per heavy atom. The smallest absolute Gasteiger partial charge is 0.161 e. The molecule has 2 aromatic rings. The predicted octanol–water partition coefficient (Wildman–Crippen LogP) is 4.38. The maximum atomic E-state index is 6.00. The van der Waals surface area contributed by atoms with Gasteiger partial charge in [-0.25, -0.2) is 0 Å². The van der Waals surface area contributed by atoms with Crippen molar-refractivity contribution in [3.05, 3.63) is 44.6 Å². The molecule has 0 fully saturated rings. The van der Waals surface area contributed by atoms with Gasteiger partial charge in [0.1, 0.15) is 6.61 Å². The molecule has 0 spiro atoms. The number of methoxy groups -OCH3 is 1. The topological polar surface area (TPSA) is 44.5 Å². The summed E-state index contributed by atoms with van der Waals surface area (Å²) in [5, 5.41) is 2.05. The minimum Gasteiger partial charge on any atom is -0.493 e. The van der Waals surface area contributed by atoms with E-state index in [1.54, 1.807) is 18.4 Å². The lowest BCUT2D eigenvalue weighted by atomic mass is 10.0. The van der Waals surface area contributed by atoms with E-state index in [2.05, 4.69) is 35.0 Å². The Morgan fingerprint density at radius 2 is 2.10 bits per heavy atom. The van der Waals surface area contributed by atoms with E-state index in [-0.39, 0.29) is 6.04 Å². The summed E-state index contributed by atoms with van der Waals surface area (Å²) in [6.07, 6.45) is 1.82. The summed E-state index contributed by atoms with van der Waals surface area (Å²) in [6, 6.07) is 8.27. The number of nitrogens with two attached hydrogens (primary N) is 1. The normalized spacial score (nSPS) is 12.2. The van der Waals surface area contributed by atoms with E-state index in [1.165, 1.54) is 10.4 Å². The second kappa shape index (κ2) is 7.82. The number of rotatable bonds is 7. The highest BCUT2D eigenvalue weighted by Crippen LogP contribution is 2.30. The lowest BCUT2D eigenvalue weighted by molar-refractivity contribution is 0.287. The lowest BCUT2D eigenvalue weighted by Crippen LogP contribution is -2.21. The highest BCUT2D eigenvalue weighted by atomic mass is 79.9. The van der Waals surface area contributed by atoms with Gasteiger partial charge in [-0.15, -0.1) is 11.3 Å². The first-order valence-electron chi connectivity index (χ1n) is 6.90. The summed E-state index contributed by atoms with van der Waals surface area (Å²) < 4.78 is 12.4. The van der Waals surface area contributed by atoms with Crippen molar-refractivity contribution in [2.75, 3.05) is 7.11 Å². The summed E-state index contributed by atoms with van der Waals surface area (Å²) in [7, 11) is 1.66. The highest BCUT2D eigenvalue weighted by Gasteiger charge is 2.09. The number of ether oxygens (including phenoxy) is 2. The fraction of sp³-hybridized carbons (Fsp3) is 0.375. The Balaban J connectivity index is 2.05. The van der Waals surface area contributed by atoms with E-state index >= 15 is 0 Å². The largest absolute Gasteiger partial charge is 0.493 e. The molecule has 1 aromatic heterocycles. The van der Waals surface area contributed by atoms with Crippen molar-refractivity contribution in [1.82, 2.24) is 0 Å². The Kier molecular flexibility index (Phi) is 6.08. The Hall–Kier alpha value is -1.04. The molecule has 0 amide bonds. The monoisotopic (exact) mass is 369 g/mol. The van der Waals surface area contributed by atoms with Crippen LogP contribution >= 0.6 is 27.3 Å². The first-order chi connectivity index (χ1) is 10.1. The quantitative estimate of drug-likeness (QED) is 0.787. The summed E-state index contributed by atoms with van der Waals surface area (Å²) in [5.41, 5.74) is 7.17. The zero-order valence-corrected chi connectivity index (χ0v) is 14.7. The van der Waals surface area contributed by atoms with Crippen LogP contribution in [0.1, 0.15) is 23.8 Å². The maximum Gasteiger partial charge on any atom is 0.161 e. The van der Waals surface area contributed by atoms with Gasteiger partial charge in [0.15, 0.2) is 11.5 Å². The lowest BCUT2D eigenvalue weighted by Gasteiger charge is -2.13. The number of thiophene rings is 1. The van der Waals surface area contributed by atoms with E-state index in [9.17, 15) is 0 Å². The van der Waals surface area contributed by atoms with Crippen LogP contribution in [0.4, 0.5) is 0 Å². The first-order valence-corrected chi connectivity index (χ1v) is 8.57. The van der Waals surface area contributed by atoms with Crippen LogP contribution in [0.2, 0.25) is 0 Å². The van der Waals surface area contributed by atoms with E-state index in [1.807, 2.05) is 17.5 Å². The molecule has 21 heavy (non-hydrogen) atoms. The molecule has 1 unspecified atom stereocenters. The third-order valence-electron chi connectivity index (χ3n) is 3.24. The molecule has 114 valence electrons. The van der Waals surface area contributed by atoms with E-state index < -0.39 is 0 Å². The first kappa shape index (κ1) is 16.3. The standard InChI is InChI=1S/C16H20BrNO2S/c1-3-13(18)6-11-4-5-15(16(7-11)19-2)20-9-14-8-12(17)10-21-14/h4-5,7-8,10,13H,3,6,9,18H2,1-2H3. The molecule has 5 heteroatoms. The molecule has 2 N–H and O–H groups in total. The fourth-order valence-electron chi connectivity index (χ4n) is 1.98. The van der Waals surface area contributed by atoms with Crippen molar-refractivity contribution in [3.8, 4) is 11.5 Å². The van der Waals surface area contributed by atoms with Gasteiger partial charge in [-0.1, -0.05) is 13.0 Å². The Labute approximate surface area is 138 Å². The van der Waals surface area contributed by atoms with Crippen LogP contribution in [0.5, 0.6) is 11.5 Å². The van der Waals surface area contributed by atoms with E-state index in [4.69, 9.17) is 15.2 Å². The molecule has 0 bridgehead atoms. The van der Waals surface area contributed by atoms with Crippen LogP contribution in [0.15, 0.2) is 34.1 Å². The van der Waals surface area contributed by atoms with Gasteiger partial charge in [0.25, 0.3) is 0 Å². The molecule has 2 rings (SSSR count). The van der Waals surface area contributed by atoms with Gasteiger partial charge in [-0.2, -0.15) is 0 Å². The summed E-state index contributed by atoms with van der Waals surface area (Å²) in [6.45, 7) is 2.64. The maximum absolute atomic E-state index is 6.00. The van der Waals surface area contributed by atoms with Crippen LogP contribution in [-0.2, 0) is 13.0 Å². The number of hydrogen-bond donors (Lipinski definition) is 1. The van der Waals surface area contributed by atoms with Gasteiger partial charge in [-0.3, -0.25) is 0 Å². The second-order valence-electron chi connectivity index (χ2n) is 4.88. The predicted molar refractivity (Wildman–Crippen MR) is 91.3 cm³/mol. The molecule has 0 aliphatic carbocycles. The molecule has 0 aliphatic rings. The molecule has 1 atom stereocenters. The van der Waals surface area contributed by atoms with Crippen LogP contribution in [0, 0.1) is 0 Å². The van der Waals surface area contributed by atoms with Gasteiger partial charge in [0, 0.05) is 20.8 Å². The molecule has 1 heterocycles. The van der Waals surface area contributed by atoms with E-state index in [0.29, 0.717) is 6.61 Å². The summed E-state index contributed by atoms with van der Waals surface area (Å²) >= 11 is 5.11. The van der Waals surface area contributed by atoms with Gasteiger partial charge >= 0.3 is 0 Å². The molecule has 0 aliphatic heterocycles. The minimum absolute atomic E-state index is 0.185. The molecule has 0 saturated carbocycles. The number of hydrogen-bond acceptors (Lipinski definition) is 4. The molecule has 3 nitrogen and oxygen atoms in total. The van der Waals surface area contributed by atoms with Gasteiger partial charge in [0.2, 0.25) is 0 Å². The average Bonchev–Trinajstić information content (AvgIpc) is 2.91. The average molecular weight is 370 g/mol. The van der Waals surface area contributed by atoms with Crippen LogP contribution < -0.4 is 15.2 Å². The molecule has 0 radical (unpaired) electrons. The minimum atomic E-state index is 0.185. The fourth-order valence-corrected chi connectivity index (χ4v) is 3.35. The van der Waals surface area contributed by atoms with E-state index in [0.717, 1.165) is 28.8 Å². The zero-order valence-electron chi connectivity index (χ0n) is 12.3. The summed E-state index contributed by atoms with van der Waals surface area (Å²) in [4.78, 5) is 1.17. The number of halogens is 1. The molecular weight excluding hydrogens is 350 g/mol. The third-order valence-corrected chi connectivity index (χ3v) is 4.91. The molecular formula is C16H20BrNO2S. The van der Waals surface area contributed by atoms with Crippen molar-refractivity contribution < 1.29 is 9.47 Å². The zero-order chi connectivity index (χ0) is 15.2. The second-order valence-corrected chi connectivity index (χ2v) is 6.79. The van der Waals surface area contributed by atoms with Crippen LogP contribution in [0.3, 0.4) is 0 Å². The van der Waals surface area contributed by atoms with Gasteiger partial charge < -0.3 is 15.2 Å². The summed E-state index contributed by atoms with van der Waals surface area (Å²) in [5.74, 6) is 1.52. The SMILES string of the molecule is CCC(N)Cc1ccc(OCc2cc(Br)cs2)c(OC)c1. The van der Waals surface area contributed by atoms with Crippen molar-refractivity contribution in [1.29, 1.82) is 0 Å². The van der Waals surface area contributed by atoms with Crippen molar-refractivity contribution >= 4 is 27.3 Å². The van der Waals surface area contributed by atoms with Crippen molar-refractivity contribution in [2.45, 2.75) is 32.4 Å². The number of benzene rings is 1. The third kappa shape index (κ3) is 4.73.